The van der Waals surface area contributed by atoms with Crippen LogP contribution >= 0.6 is 0 Å². The number of hydrogen-bond acceptors (Lipinski definition) is 3. The maximum atomic E-state index is 4.66. The topological polar surface area (TPSA) is 54.5 Å². The number of nitrogens with one attached hydrogen (secondary N) is 1. The molecule has 23 heavy (non-hydrogen) atoms. The number of nitrogens with zero attached hydrogens (tertiary/aromatic N) is 3. The van der Waals surface area contributed by atoms with E-state index < -0.39 is 0 Å². The van der Waals surface area contributed by atoms with Crippen LogP contribution in [0.3, 0.4) is 0 Å². The van der Waals surface area contributed by atoms with Crippen LogP contribution in [0.2, 0.25) is 0 Å². The van der Waals surface area contributed by atoms with Gasteiger partial charge in [-0.1, -0.05) is 48.5 Å². The summed E-state index contributed by atoms with van der Waals surface area (Å²) in [5.41, 5.74) is 2.34. The molecule has 0 unspecified atom stereocenters. The molecule has 4 nitrogen and oxygen atoms in total. The highest BCUT2D eigenvalue weighted by molar-refractivity contribution is 5.94. The van der Waals surface area contributed by atoms with Gasteiger partial charge in [-0.25, -0.2) is 4.98 Å². The predicted molar refractivity (Wildman–Crippen MR) is 91.0 cm³/mol. The van der Waals surface area contributed by atoms with Crippen LogP contribution in [-0.4, -0.2) is 20.2 Å². The Kier molecular flexibility index (Phi) is 3.56. The van der Waals surface area contributed by atoms with Crippen LogP contribution in [0.4, 0.5) is 0 Å². The third kappa shape index (κ3) is 2.83. The molecule has 2 heterocycles. The first-order chi connectivity index (χ1) is 11.4. The number of H-pyrrole nitrogens is 1. The van der Waals surface area contributed by atoms with Gasteiger partial charge < -0.3 is 0 Å². The number of aryl methyl sites for hydroxylation is 2. The van der Waals surface area contributed by atoms with E-state index in [-0.39, 0.29) is 0 Å². The van der Waals surface area contributed by atoms with Crippen LogP contribution < -0.4 is 0 Å². The van der Waals surface area contributed by atoms with Crippen molar-refractivity contribution in [3.63, 3.8) is 0 Å². The van der Waals surface area contributed by atoms with Gasteiger partial charge in [-0.15, -0.1) is 0 Å². The third-order valence-electron chi connectivity index (χ3n) is 3.95. The highest BCUT2D eigenvalue weighted by atomic mass is 15.2. The predicted octanol–water partition coefficient (Wildman–Crippen LogP) is 3.81. The van der Waals surface area contributed by atoms with E-state index in [0.29, 0.717) is 0 Å². The molecule has 0 aliphatic heterocycles. The van der Waals surface area contributed by atoms with Gasteiger partial charge in [0, 0.05) is 29.8 Å². The summed E-state index contributed by atoms with van der Waals surface area (Å²) in [6, 6.07) is 18.5. The van der Waals surface area contributed by atoms with Crippen LogP contribution in [0.1, 0.15) is 11.4 Å². The number of benzene rings is 2. The summed E-state index contributed by atoms with van der Waals surface area (Å²) >= 11 is 0. The maximum absolute atomic E-state index is 4.66. The van der Waals surface area contributed by atoms with Crippen LogP contribution in [0.15, 0.2) is 67.0 Å². The summed E-state index contributed by atoms with van der Waals surface area (Å²) in [6.45, 7) is 0. The van der Waals surface area contributed by atoms with E-state index >= 15 is 0 Å². The number of pyridine rings is 1. The molecule has 112 valence electrons. The minimum atomic E-state index is 0.741. The Balaban J connectivity index is 1.60. The van der Waals surface area contributed by atoms with E-state index in [9.17, 15) is 0 Å². The highest BCUT2D eigenvalue weighted by Gasteiger charge is 2.09. The van der Waals surface area contributed by atoms with Gasteiger partial charge in [0.05, 0.1) is 0 Å². The fourth-order valence-electron chi connectivity index (χ4n) is 2.75. The summed E-state index contributed by atoms with van der Waals surface area (Å²) in [5, 5.41) is 9.67. The summed E-state index contributed by atoms with van der Waals surface area (Å²) in [7, 11) is 0. The second-order valence-corrected chi connectivity index (χ2v) is 5.49. The van der Waals surface area contributed by atoms with E-state index in [2.05, 4.69) is 50.5 Å². The van der Waals surface area contributed by atoms with E-state index in [1.54, 1.807) is 6.20 Å². The van der Waals surface area contributed by atoms with Crippen LogP contribution in [0.5, 0.6) is 0 Å². The highest BCUT2D eigenvalue weighted by Crippen LogP contribution is 2.25. The molecule has 0 saturated carbocycles. The summed E-state index contributed by atoms with van der Waals surface area (Å²) in [5.74, 6) is 1.65. The van der Waals surface area contributed by atoms with Crippen molar-refractivity contribution in [2.45, 2.75) is 12.8 Å². The zero-order valence-corrected chi connectivity index (χ0v) is 12.6. The number of hydrogen-bond donors (Lipinski definition) is 1. The summed E-state index contributed by atoms with van der Waals surface area (Å²) < 4.78 is 0. The van der Waals surface area contributed by atoms with Gasteiger partial charge in [0.2, 0.25) is 0 Å². The van der Waals surface area contributed by atoms with Crippen molar-refractivity contribution in [2.75, 3.05) is 0 Å². The lowest BCUT2D eigenvalue weighted by Gasteiger charge is -2.01. The zero-order chi connectivity index (χ0) is 15.5. The van der Waals surface area contributed by atoms with Crippen molar-refractivity contribution in [2.24, 2.45) is 0 Å². The Morgan fingerprint density at radius 1 is 0.870 bits per heavy atom. The molecule has 4 heteroatoms. The zero-order valence-electron chi connectivity index (χ0n) is 12.6. The first-order valence-electron chi connectivity index (χ1n) is 7.68. The molecule has 2 aromatic heterocycles. The standard InChI is InChI=1S/C19H16N4/c1-2-5-14(6-3-1)9-10-18-21-19(23-22-18)17-8-4-7-15-13-20-12-11-16(15)17/h1-8,11-13H,9-10H2,(H,21,22,23). The van der Waals surface area contributed by atoms with Crippen molar-refractivity contribution < 1.29 is 0 Å². The van der Waals surface area contributed by atoms with Crippen LogP contribution in [0, 0.1) is 0 Å². The number of rotatable bonds is 4. The van der Waals surface area contributed by atoms with Gasteiger partial charge in [-0.2, -0.15) is 5.10 Å². The van der Waals surface area contributed by atoms with Gasteiger partial charge >= 0.3 is 0 Å². The normalized spacial score (nSPS) is 11.0. The third-order valence-corrected chi connectivity index (χ3v) is 3.95. The van der Waals surface area contributed by atoms with Crippen molar-refractivity contribution >= 4 is 10.8 Å². The SMILES string of the molecule is c1ccc(CCc2nc(-c3cccc4cnccc34)n[nH]2)cc1. The lowest BCUT2D eigenvalue weighted by atomic mass is 10.1. The van der Waals surface area contributed by atoms with Gasteiger partial charge in [-0.05, 0) is 23.4 Å². The van der Waals surface area contributed by atoms with Gasteiger partial charge in [0.1, 0.15) is 5.82 Å². The number of aromatic amines is 1. The smallest absolute Gasteiger partial charge is 0.181 e. The molecule has 0 bridgehead atoms. The van der Waals surface area contributed by atoms with Gasteiger partial charge in [-0.3, -0.25) is 10.1 Å². The van der Waals surface area contributed by atoms with Gasteiger partial charge in [0.15, 0.2) is 5.82 Å². The average molecular weight is 300 g/mol. The molecule has 0 atom stereocenters. The molecular formula is C19H16N4. The molecule has 1 N–H and O–H groups in total. The fourth-order valence-corrected chi connectivity index (χ4v) is 2.75. The molecule has 0 aliphatic rings. The summed E-state index contributed by atoms with van der Waals surface area (Å²) in [4.78, 5) is 8.83. The van der Waals surface area contributed by atoms with Crippen LogP contribution in [0.25, 0.3) is 22.2 Å². The second-order valence-electron chi connectivity index (χ2n) is 5.49. The first-order valence-corrected chi connectivity index (χ1v) is 7.68. The lowest BCUT2D eigenvalue weighted by Crippen LogP contribution is -1.93. The number of fused-ring (bicyclic) bond motifs is 1. The van der Waals surface area contributed by atoms with Gasteiger partial charge in [0.25, 0.3) is 0 Å². The van der Waals surface area contributed by atoms with Crippen molar-refractivity contribution in [3.8, 4) is 11.4 Å². The lowest BCUT2D eigenvalue weighted by molar-refractivity contribution is 0.865. The molecule has 0 spiro atoms. The Hall–Kier alpha value is -3.01. The van der Waals surface area contributed by atoms with E-state index in [0.717, 1.165) is 40.8 Å². The molecule has 0 fully saturated rings. The number of aromatic nitrogens is 4. The quantitative estimate of drug-likeness (QED) is 0.623. The molecule has 4 rings (SSSR count). The fraction of sp³-hybridized carbons (Fsp3) is 0.105. The van der Waals surface area contributed by atoms with Crippen LogP contribution in [-0.2, 0) is 12.8 Å². The molecule has 0 aliphatic carbocycles. The molecule has 4 aromatic rings. The first kappa shape index (κ1) is 13.6. The van der Waals surface area contributed by atoms with Crippen molar-refractivity contribution in [1.82, 2.24) is 20.2 Å². The second kappa shape index (κ2) is 6.01. The van der Waals surface area contributed by atoms with Crippen molar-refractivity contribution in [1.29, 1.82) is 0 Å². The Morgan fingerprint density at radius 3 is 2.70 bits per heavy atom. The summed E-state index contributed by atoms with van der Waals surface area (Å²) in [6.07, 6.45) is 5.47. The van der Waals surface area contributed by atoms with E-state index in [1.807, 2.05) is 30.5 Å². The Morgan fingerprint density at radius 2 is 1.78 bits per heavy atom. The maximum Gasteiger partial charge on any atom is 0.181 e. The molecule has 0 amide bonds. The Bertz CT molecular complexity index is 923. The molecular weight excluding hydrogens is 284 g/mol. The van der Waals surface area contributed by atoms with E-state index in [1.165, 1.54) is 5.56 Å². The van der Waals surface area contributed by atoms with E-state index in [4.69, 9.17) is 0 Å². The molecule has 2 aromatic carbocycles. The Labute approximate surface area is 134 Å². The van der Waals surface area contributed by atoms with Crippen molar-refractivity contribution in [3.05, 3.63) is 78.4 Å². The largest absolute Gasteiger partial charge is 0.264 e. The minimum absolute atomic E-state index is 0.741. The monoisotopic (exact) mass is 300 g/mol. The molecule has 0 radical (unpaired) electrons. The average Bonchev–Trinajstić information content (AvgIpc) is 3.09. The molecule has 0 saturated heterocycles. The minimum Gasteiger partial charge on any atom is -0.264 e.